The fourth-order valence-electron chi connectivity index (χ4n) is 4.92. The van der Waals surface area contributed by atoms with E-state index in [1.807, 2.05) is 42.5 Å². The fourth-order valence-corrected chi connectivity index (χ4v) is 7.11. The second-order valence-corrected chi connectivity index (χ2v) is 12.3. The van der Waals surface area contributed by atoms with Crippen LogP contribution < -0.4 is 0 Å². The van der Waals surface area contributed by atoms with Gasteiger partial charge in [-0.25, -0.2) is 8.42 Å². The number of benzene rings is 3. The van der Waals surface area contributed by atoms with Crippen molar-refractivity contribution in [2.24, 2.45) is 0 Å². The lowest BCUT2D eigenvalue weighted by atomic mass is 9.96. The SMILES string of the molecule is O=C(N1CCN(C(c2ccccc2)c2ccc(Cl)cc2)CC1)C1(S(=O)(=O)c2ccc(Cl)cc2)CC1. The number of nitrogens with zero attached hydrogens (tertiary/aromatic N) is 2. The van der Waals surface area contributed by atoms with Gasteiger partial charge in [0.05, 0.1) is 10.9 Å². The van der Waals surface area contributed by atoms with Crippen LogP contribution in [0, 0.1) is 0 Å². The van der Waals surface area contributed by atoms with Gasteiger partial charge < -0.3 is 4.90 Å². The molecule has 5 nitrogen and oxygen atoms in total. The van der Waals surface area contributed by atoms with Gasteiger partial charge in [0, 0.05) is 36.2 Å². The summed E-state index contributed by atoms with van der Waals surface area (Å²) < 4.78 is 25.4. The van der Waals surface area contributed by atoms with E-state index in [0.29, 0.717) is 49.1 Å². The Morgan fingerprint density at radius 1 is 0.743 bits per heavy atom. The molecule has 1 aliphatic heterocycles. The molecule has 1 amide bonds. The molecule has 3 aromatic rings. The van der Waals surface area contributed by atoms with Crippen LogP contribution >= 0.6 is 23.2 Å². The number of carbonyl (C=O) groups excluding carboxylic acids is 1. The number of rotatable bonds is 6. The predicted molar refractivity (Wildman–Crippen MR) is 138 cm³/mol. The first-order valence-electron chi connectivity index (χ1n) is 11.7. The van der Waals surface area contributed by atoms with Gasteiger partial charge in [0.2, 0.25) is 5.91 Å². The van der Waals surface area contributed by atoms with Crippen LogP contribution in [0.5, 0.6) is 0 Å². The lowest BCUT2D eigenvalue weighted by Gasteiger charge is -2.40. The van der Waals surface area contributed by atoms with Crippen LogP contribution in [0.1, 0.15) is 30.0 Å². The lowest BCUT2D eigenvalue weighted by Crippen LogP contribution is -2.54. The zero-order valence-electron chi connectivity index (χ0n) is 19.1. The molecule has 2 aliphatic rings. The van der Waals surface area contributed by atoms with Gasteiger partial charge in [0.15, 0.2) is 14.6 Å². The highest BCUT2D eigenvalue weighted by molar-refractivity contribution is 7.94. The third kappa shape index (κ3) is 4.60. The van der Waals surface area contributed by atoms with Crippen molar-refractivity contribution in [2.45, 2.75) is 28.5 Å². The molecular weight excluding hydrogens is 503 g/mol. The van der Waals surface area contributed by atoms with Crippen molar-refractivity contribution in [1.82, 2.24) is 9.80 Å². The summed E-state index contributed by atoms with van der Waals surface area (Å²) in [6.07, 6.45) is 0.711. The van der Waals surface area contributed by atoms with Crippen LogP contribution in [0.25, 0.3) is 0 Å². The molecule has 1 saturated heterocycles. The van der Waals surface area contributed by atoms with Crippen LogP contribution in [0.4, 0.5) is 0 Å². The minimum atomic E-state index is -3.79. The molecule has 0 radical (unpaired) electrons. The van der Waals surface area contributed by atoms with Crippen LogP contribution in [-0.2, 0) is 14.6 Å². The van der Waals surface area contributed by atoms with Crippen molar-refractivity contribution in [3.63, 3.8) is 0 Å². The van der Waals surface area contributed by atoms with Gasteiger partial charge >= 0.3 is 0 Å². The monoisotopic (exact) mass is 528 g/mol. The summed E-state index contributed by atoms with van der Waals surface area (Å²) in [5, 5.41) is 1.15. The largest absolute Gasteiger partial charge is 0.339 e. The van der Waals surface area contributed by atoms with Gasteiger partial charge in [-0.2, -0.15) is 0 Å². The number of halogens is 2. The Hall–Kier alpha value is -2.38. The molecule has 1 aliphatic carbocycles. The quantitative estimate of drug-likeness (QED) is 0.439. The Morgan fingerprint density at radius 3 is 1.80 bits per heavy atom. The predicted octanol–water partition coefficient (Wildman–Crippen LogP) is 5.23. The maximum Gasteiger partial charge on any atom is 0.244 e. The van der Waals surface area contributed by atoms with Gasteiger partial charge in [-0.3, -0.25) is 9.69 Å². The van der Waals surface area contributed by atoms with Crippen LogP contribution in [0.2, 0.25) is 10.0 Å². The Labute approximate surface area is 216 Å². The minimum Gasteiger partial charge on any atom is -0.339 e. The smallest absolute Gasteiger partial charge is 0.244 e. The van der Waals surface area contributed by atoms with Crippen molar-refractivity contribution in [3.8, 4) is 0 Å². The standard InChI is InChI=1S/C27H26Cl2N2O3S/c28-22-8-6-21(7-9-22)25(20-4-2-1-3-5-20)30-16-18-31(19-17-30)26(32)27(14-15-27)35(33,34)24-12-10-23(29)11-13-24/h1-13,25H,14-19H2. The van der Waals surface area contributed by atoms with E-state index in [1.54, 1.807) is 17.0 Å². The summed E-state index contributed by atoms with van der Waals surface area (Å²) in [4.78, 5) is 17.7. The summed E-state index contributed by atoms with van der Waals surface area (Å²) in [6, 6.07) is 24.2. The molecule has 0 N–H and O–H groups in total. The second kappa shape index (κ2) is 9.58. The van der Waals surface area contributed by atoms with Crippen LogP contribution in [0.3, 0.4) is 0 Å². The molecular formula is C27H26Cl2N2O3S. The first kappa shape index (κ1) is 24.3. The highest BCUT2D eigenvalue weighted by atomic mass is 35.5. The lowest BCUT2D eigenvalue weighted by molar-refractivity contribution is -0.133. The van der Waals surface area contributed by atoms with Gasteiger partial charge in [-0.15, -0.1) is 0 Å². The summed E-state index contributed by atoms with van der Waals surface area (Å²) in [7, 11) is -3.79. The Morgan fingerprint density at radius 2 is 1.26 bits per heavy atom. The van der Waals surface area contributed by atoms with E-state index in [4.69, 9.17) is 23.2 Å². The zero-order chi connectivity index (χ0) is 24.6. The third-order valence-electron chi connectivity index (χ3n) is 7.00. The molecule has 0 spiro atoms. The topological polar surface area (TPSA) is 57.7 Å². The molecule has 1 atom stereocenters. The molecule has 1 heterocycles. The molecule has 8 heteroatoms. The third-order valence-corrected chi connectivity index (χ3v) is 10.0. The summed E-state index contributed by atoms with van der Waals surface area (Å²) in [5.41, 5.74) is 2.29. The number of amides is 1. The zero-order valence-corrected chi connectivity index (χ0v) is 21.4. The number of hydrogen-bond acceptors (Lipinski definition) is 4. The Balaban J connectivity index is 1.34. The Kier molecular flexibility index (Phi) is 6.66. The highest BCUT2D eigenvalue weighted by Gasteiger charge is 2.62. The molecule has 2 fully saturated rings. The van der Waals surface area contributed by atoms with Crippen LogP contribution in [-0.4, -0.2) is 55.1 Å². The molecule has 0 aromatic heterocycles. The molecule has 3 aromatic carbocycles. The maximum atomic E-state index is 13.5. The first-order valence-corrected chi connectivity index (χ1v) is 13.9. The average Bonchev–Trinajstić information content (AvgIpc) is 3.69. The average molecular weight is 529 g/mol. The maximum absolute atomic E-state index is 13.5. The normalized spacial score (nSPS) is 18.7. The van der Waals surface area contributed by atoms with Crippen molar-refractivity contribution < 1.29 is 13.2 Å². The number of hydrogen-bond donors (Lipinski definition) is 0. The van der Waals surface area contributed by atoms with E-state index < -0.39 is 14.6 Å². The van der Waals surface area contributed by atoms with E-state index in [0.717, 1.165) is 5.56 Å². The summed E-state index contributed by atoms with van der Waals surface area (Å²) in [6.45, 7) is 2.25. The summed E-state index contributed by atoms with van der Waals surface area (Å²) >= 11 is 12.1. The van der Waals surface area contributed by atoms with E-state index in [2.05, 4.69) is 17.0 Å². The van der Waals surface area contributed by atoms with Crippen molar-refractivity contribution in [2.75, 3.05) is 26.2 Å². The van der Waals surface area contributed by atoms with E-state index in [-0.39, 0.29) is 16.8 Å². The molecule has 35 heavy (non-hydrogen) atoms. The molecule has 1 unspecified atom stereocenters. The summed E-state index contributed by atoms with van der Waals surface area (Å²) in [5.74, 6) is -0.283. The van der Waals surface area contributed by atoms with Crippen molar-refractivity contribution in [3.05, 3.63) is 100 Å². The van der Waals surface area contributed by atoms with E-state index in [9.17, 15) is 13.2 Å². The Bertz CT molecular complexity index is 1300. The molecule has 1 saturated carbocycles. The van der Waals surface area contributed by atoms with Crippen molar-refractivity contribution >= 4 is 38.9 Å². The van der Waals surface area contributed by atoms with E-state index >= 15 is 0 Å². The highest BCUT2D eigenvalue weighted by Crippen LogP contribution is 2.48. The fraction of sp³-hybridized carbons (Fsp3) is 0.296. The van der Waals surface area contributed by atoms with Gasteiger partial charge in [0.25, 0.3) is 0 Å². The number of sulfone groups is 1. The molecule has 5 rings (SSSR count). The van der Waals surface area contributed by atoms with E-state index in [1.165, 1.54) is 17.7 Å². The molecule has 182 valence electrons. The van der Waals surface area contributed by atoms with Gasteiger partial charge in [-0.1, -0.05) is 65.7 Å². The van der Waals surface area contributed by atoms with Crippen molar-refractivity contribution in [1.29, 1.82) is 0 Å². The number of piperazine rings is 1. The van der Waals surface area contributed by atoms with Gasteiger partial charge in [0.1, 0.15) is 0 Å². The number of carbonyl (C=O) groups is 1. The second-order valence-electron chi connectivity index (χ2n) is 9.14. The molecule has 0 bridgehead atoms. The first-order chi connectivity index (χ1) is 16.8. The van der Waals surface area contributed by atoms with Crippen LogP contribution in [0.15, 0.2) is 83.8 Å². The minimum absolute atomic E-state index is 0.0263. The van der Waals surface area contributed by atoms with Gasteiger partial charge in [-0.05, 0) is 60.4 Å².